The zero-order valence-electron chi connectivity index (χ0n) is 54.9. The Bertz CT molecular complexity index is 3300. The van der Waals surface area contributed by atoms with Crippen LogP contribution in [0.1, 0.15) is 0 Å². The third kappa shape index (κ3) is 20.3. The Morgan fingerprint density at radius 1 is 0.267 bits per heavy atom. The van der Waals surface area contributed by atoms with E-state index < -0.39 is 333 Å². The van der Waals surface area contributed by atoms with Gasteiger partial charge in [0.25, 0.3) is 0 Å². The molecule has 49 nitrogen and oxygen atoms in total. The number of aliphatic hydroxyl groups excluding tert-OH is 14. The molecule has 57 heteroatoms. The van der Waals surface area contributed by atoms with Gasteiger partial charge in [-0.2, -0.15) is 0 Å². The fraction of sp³-hybridized carbons (Fsp3) is 1.00. The summed E-state index contributed by atoms with van der Waals surface area (Å²) in [5.74, 6) is 0. The van der Waals surface area contributed by atoms with Crippen LogP contribution in [0.4, 0.5) is 0 Å². The Balaban J connectivity index is 0.00000348. The SMILES string of the molecule is O=S(=O)([O-])OC1C(CO)OC(O)C(O)C1OC1OC2COC(C1O)C2OC1OC(CO)C(OS(=O)(=O)[O-])C(OC2OC3COC(C2O)C3OC2OC(CO)C(OS(=O)(=O)[O-])C(OC3OC4COC(C3O)C4OC3OC(CO)C(OS(=O)(=O)[O-])C(OC4OC5COC(C5O)C4O)C3O)C2O)C1O.[Na+].[Na+].[Na+].[Na+]. The molecule has 0 aliphatic carbocycles. The number of fused-ring (bicyclic) bond motifs is 8. The first-order valence-corrected chi connectivity index (χ1v) is 35.9. The fourth-order valence-corrected chi connectivity index (χ4v) is 15.9. The van der Waals surface area contributed by atoms with E-state index in [4.69, 9.17) is 90.0 Å². The molecule has 40 atom stereocenters. The summed E-state index contributed by atoms with van der Waals surface area (Å²) < 4.78 is 271. The van der Waals surface area contributed by atoms with Gasteiger partial charge in [0, 0.05) is 0 Å². The Labute approximate surface area is 682 Å². The minimum absolute atomic E-state index is 0. The second-order valence-corrected chi connectivity index (χ2v) is 28.8. The molecule has 40 unspecified atom stereocenters. The van der Waals surface area contributed by atoms with Crippen LogP contribution in [0, 0.1) is 0 Å². The average Bonchev–Trinajstić information content (AvgIpc) is 1.67. The van der Waals surface area contributed by atoms with Gasteiger partial charge in [-0.3, -0.25) is 16.7 Å². The van der Waals surface area contributed by atoms with Gasteiger partial charge in [-0.05, 0) is 0 Å². The molecule has 14 N–H and O–H groups in total. The molecule has 8 bridgehead atoms. The van der Waals surface area contributed by atoms with Crippen molar-refractivity contribution < 1.29 is 348 Å². The Hall–Kier alpha value is 2.16. The Morgan fingerprint density at radius 2 is 0.486 bits per heavy atom. The first kappa shape index (κ1) is 92.7. The van der Waals surface area contributed by atoms with Crippen LogP contribution >= 0.6 is 0 Å². The number of rotatable bonds is 26. The molecule has 12 aliphatic heterocycles. The van der Waals surface area contributed by atoms with E-state index in [1.807, 2.05) is 0 Å². The number of ether oxygens (including phenoxy) is 19. The van der Waals surface area contributed by atoms with Gasteiger partial charge in [0.1, 0.15) is 195 Å². The van der Waals surface area contributed by atoms with Gasteiger partial charge in [0.05, 0.1) is 52.9 Å². The summed E-state index contributed by atoms with van der Waals surface area (Å²) in [6.45, 7) is -6.59. The first-order chi connectivity index (χ1) is 47.5. The largest absolute Gasteiger partial charge is 1.00 e. The summed E-state index contributed by atoms with van der Waals surface area (Å²) in [5.41, 5.74) is 0. The van der Waals surface area contributed by atoms with Gasteiger partial charge in [-0.15, -0.1) is 0 Å². The predicted molar refractivity (Wildman–Crippen MR) is 285 cm³/mol. The molecule has 12 heterocycles. The maximum atomic E-state index is 12.2. The number of aliphatic hydroxyl groups is 14. The molecule has 0 amide bonds. The van der Waals surface area contributed by atoms with Gasteiger partial charge in [-0.1, -0.05) is 0 Å². The van der Waals surface area contributed by atoms with Crippen LogP contribution in [0.5, 0.6) is 0 Å². The molecule has 12 aliphatic rings. The standard InChI is InChI=1S/C48H74O49S4.4Na/c49-1-9-29(94-98(63,64)65)37(18(54)41(62)79-9)90-43-20(56)34-26(14(84-43)6-76-34)87-47-24(60)39(31(11(3-51)81-47)96-100(69,70)71)92-45-22(58)36-28(16(86-45)8-78-36)89-48-25(61)40(32(12(4-52)82-48)97-101(72,73)74)93-44-21(57)35-27(15(85-44)7-77-35)88-46-23(59)38(30(10(2-50)80-46)95-99(66,67)68)91-42-19(55)33-17(53)13(83-42)5-75-33;;;;/h9-62H,1-8H2,(H,63,64,65)(H,66,67,68)(H,69,70,71)(H,72,73,74);;;;/q;4*+1/p-4. The quantitative estimate of drug-likeness (QED) is 0.0217. The van der Waals surface area contributed by atoms with E-state index in [1.165, 1.54) is 0 Å². The van der Waals surface area contributed by atoms with Crippen LogP contribution in [0.2, 0.25) is 0 Å². The van der Waals surface area contributed by atoms with Crippen molar-refractivity contribution in [2.45, 2.75) is 246 Å². The van der Waals surface area contributed by atoms with E-state index in [1.54, 1.807) is 0 Å². The minimum atomic E-state index is -5.85. The summed E-state index contributed by atoms with van der Waals surface area (Å²) in [6.07, 6.45) is -77.6. The zero-order valence-corrected chi connectivity index (χ0v) is 66.2. The normalized spacial score (nSPS) is 49.0. The van der Waals surface area contributed by atoms with E-state index >= 15 is 0 Å². The molecule has 0 aromatic rings. The molecule has 12 saturated heterocycles. The second kappa shape index (κ2) is 37.4. The van der Waals surface area contributed by atoms with Crippen LogP contribution < -0.4 is 118 Å². The Kier molecular flexibility index (Phi) is 33.0. The number of hydrogen-bond donors (Lipinski definition) is 14. The molecule has 0 saturated carbocycles. The summed E-state index contributed by atoms with van der Waals surface area (Å²) >= 11 is 0. The van der Waals surface area contributed by atoms with Gasteiger partial charge < -0.3 is 180 Å². The van der Waals surface area contributed by atoms with E-state index in [0.717, 1.165) is 0 Å². The molecule has 0 aromatic carbocycles. The summed E-state index contributed by atoms with van der Waals surface area (Å²) in [5, 5.41) is 154. The molecule has 105 heavy (non-hydrogen) atoms. The van der Waals surface area contributed by atoms with Crippen molar-refractivity contribution in [2.75, 3.05) is 52.9 Å². The Morgan fingerprint density at radius 3 is 0.762 bits per heavy atom. The van der Waals surface area contributed by atoms with Crippen molar-refractivity contribution in [2.24, 2.45) is 0 Å². The maximum Gasteiger partial charge on any atom is 1.00 e. The first-order valence-electron chi connectivity index (χ1n) is 30.6. The van der Waals surface area contributed by atoms with Crippen molar-refractivity contribution in [3.8, 4) is 0 Å². The topological polar surface area (TPSA) is 724 Å². The van der Waals surface area contributed by atoms with Crippen molar-refractivity contribution in [3.05, 3.63) is 0 Å². The average molecular weight is 1650 g/mol. The molecule has 584 valence electrons. The van der Waals surface area contributed by atoms with Crippen LogP contribution in [-0.4, -0.2) is 422 Å². The van der Waals surface area contributed by atoms with Crippen molar-refractivity contribution in [1.82, 2.24) is 0 Å². The van der Waals surface area contributed by atoms with E-state index in [2.05, 4.69) is 16.7 Å². The summed E-state index contributed by atoms with van der Waals surface area (Å²) in [6, 6.07) is 0. The molecule has 12 fully saturated rings. The van der Waals surface area contributed by atoms with Gasteiger partial charge in [0.2, 0.25) is 41.6 Å². The van der Waals surface area contributed by atoms with Crippen molar-refractivity contribution in [1.29, 1.82) is 0 Å². The predicted octanol–water partition coefficient (Wildman–Crippen LogP) is -28.3. The summed E-state index contributed by atoms with van der Waals surface area (Å²) in [7, 11) is -23.0. The van der Waals surface area contributed by atoms with Crippen LogP contribution in [0.3, 0.4) is 0 Å². The van der Waals surface area contributed by atoms with E-state index in [-0.39, 0.29) is 125 Å². The number of hydrogen-bond acceptors (Lipinski definition) is 49. The van der Waals surface area contributed by atoms with Crippen LogP contribution in [-0.2, 0) is 148 Å². The summed E-state index contributed by atoms with van der Waals surface area (Å²) in [4.78, 5) is 0. The third-order valence-corrected chi connectivity index (χ3v) is 20.3. The van der Waals surface area contributed by atoms with E-state index in [0.29, 0.717) is 0 Å². The molecule has 12 rings (SSSR count). The zero-order chi connectivity index (χ0) is 73.0. The van der Waals surface area contributed by atoms with Crippen LogP contribution in [0.25, 0.3) is 0 Å². The molecular weight excluding hydrogens is 1580 g/mol. The van der Waals surface area contributed by atoms with Crippen molar-refractivity contribution >= 4 is 41.6 Å². The fourth-order valence-electron chi connectivity index (χ4n) is 13.9. The molecule has 0 aromatic heterocycles. The van der Waals surface area contributed by atoms with Gasteiger partial charge >= 0.3 is 118 Å². The molecule has 0 radical (unpaired) electrons. The van der Waals surface area contributed by atoms with Gasteiger partial charge in [0.15, 0.2) is 50.3 Å². The van der Waals surface area contributed by atoms with Crippen molar-refractivity contribution in [3.63, 3.8) is 0 Å². The van der Waals surface area contributed by atoms with Crippen LogP contribution in [0.15, 0.2) is 0 Å². The molecular formula is C48H70Na4O49S4. The molecule has 0 spiro atoms. The maximum absolute atomic E-state index is 12.2. The second-order valence-electron chi connectivity index (χ2n) is 24.8. The minimum Gasteiger partial charge on any atom is -0.726 e. The monoisotopic (exact) mass is 1650 g/mol. The van der Waals surface area contributed by atoms with E-state index in [9.17, 15) is 123 Å². The smallest absolute Gasteiger partial charge is 0.726 e. The third-order valence-electron chi connectivity index (χ3n) is 18.4. The van der Waals surface area contributed by atoms with Gasteiger partial charge in [-0.25, -0.2) is 33.7 Å².